The molecule has 20 heavy (non-hydrogen) atoms. The van der Waals surface area contributed by atoms with E-state index in [9.17, 15) is 13.2 Å². The Kier molecular flexibility index (Phi) is 5.91. The zero-order valence-corrected chi connectivity index (χ0v) is 11.6. The van der Waals surface area contributed by atoms with Crippen molar-refractivity contribution in [2.75, 3.05) is 26.7 Å². The molecule has 1 aromatic rings. The van der Waals surface area contributed by atoms with Gasteiger partial charge in [0.1, 0.15) is 11.5 Å². The highest BCUT2D eigenvalue weighted by molar-refractivity contribution is 5.85. The Morgan fingerprint density at radius 1 is 1.25 bits per heavy atom. The molecule has 8 heteroatoms. The number of ether oxygens (including phenoxy) is 2. The summed E-state index contributed by atoms with van der Waals surface area (Å²) >= 11 is 0. The van der Waals surface area contributed by atoms with Gasteiger partial charge in [-0.25, -0.2) is 0 Å². The van der Waals surface area contributed by atoms with Crippen molar-refractivity contribution in [2.24, 2.45) is 0 Å². The minimum Gasteiger partial charge on any atom is -0.496 e. The van der Waals surface area contributed by atoms with E-state index in [0.29, 0.717) is 12.3 Å². The van der Waals surface area contributed by atoms with Gasteiger partial charge in [-0.15, -0.1) is 25.6 Å². The van der Waals surface area contributed by atoms with E-state index in [1.165, 1.54) is 19.2 Å². The molecule has 0 amide bonds. The van der Waals surface area contributed by atoms with Crippen LogP contribution in [0.1, 0.15) is 11.6 Å². The van der Waals surface area contributed by atoms with Gasteiger partial charge in [0, 0.05) is 37.3 Å². The largest absolute Gasteiger partial charge is 0.573 e. The fourth-order valence-corrected chi connectivity index (χ4v) is 2.05. The van der Waals surface area contributed by atoms with Gasteiger partial charge in [-0.3, -0.25) is 0 Å². The molecule has 114 valence electrons. The van der Waals surface area contributed by atoms with Crippen LogP contribution in [0, 0.1) is 0 Å². The Morgan fingerprint density at radius 3 is 2.55 bits per heavy atom. The van der Waals surface area contributed by atoms with Crippen molar-refractivity contribution in [3.8, 4) is 11.5 Å². The van der Waals surface area contributed by atoms with E-state index in [0.717, 1.165) is 18.7 Å². The lowest BCUT2D eigenvalue weighted by molar-refractivity contribution is -0.274. The monoisotopic (exact) mass is 312 g/mol. The molecule has 4 nitrogen and oxygen atoms in total. The molecule has 0 aliphatic carbocycles. The predicted molar refractivity (Wildman–Crippen MR) is 70.5 cm³/mol. The molecule has 0 spiro atoms. The predicted octanol–water partition coefficient (Wildman–Crippen LogP) is 2.25. The zero-order valence-electron chi connectivity index (χ0n) is 10.8. The summed E-state index contributed by atoms with van der Waals surface area (Å²) < 4.78 is 45.4. The van der Waals surface area contributed by atoms with Gasteiger partial charge >= 0.3 is 6.36 Å². The van der Waals surface area contributed by atoms with Crippen molar-refractivity contribution in [2.45, 2.75) is 12.4 Å². The number of methoxy groups -OCH3 is 1. The first-order valence-electron chi connectivity index (χ1n) is 5.87. The Morgan fingerprint density at radius 2 is 2.00 bits per heavy atom. The summed E-state index contributed by atoms with van der Waals surface area (Å²) in [6, 6.07) is 4.15. The molecular weight excluding hydrogens is 297 g/mol. The van der Waals surface area contributed by atoms with Crippen LogP contribution in [0.5, 0.6) is 11.5 Å². The van der Waals surface area contributed by atoms with Crippen LogP contribution in [0.25, 0.3) is 0 Å². The molecule has 1 fully saturated rings. The van der Waals surface area contributed by atoms with E-state index in [2.05, 4.69) is 15.4 Å². The number of hydrogen-bond donors (Lipinski definition) is 2. The second-order valence-electron chi connectivity index (χ2n) is 4.16. The first-order valence-corrected chi connectivity index (χ1v) is 5.87. The lowest BCUT2D eigenvalue weighted by atomic mass is 10.0. The van der Waals surface area contributed by atoms with E-state index in [-0.39, 0.29) is 24.2 Å². The highest BCUT2D eigenvalue weighted by atomic mass is 35.5. The Balaban J connectivity index is 0.00000200. The molecule has 1 aromatic carbocycles. The maximum absolute atomic E-state index is 12.1. The van der Waals surface area contributed by atoms with Crippen LogP contribution in [0.4, 0.5) is 13.2 Å². The number of alkyl halides is 3. The third-order valence-electron chi connectivity index (χ3n) is 2.85. The smallest absolute Gasteiger partial charge is 0.496 e. The molecule has 1 heterocycles. The maximum Gasteiger partial charge on any atom is 0.573 e. The van der Waals surface area contributed by atoms with Crippen LogP contribution >= 0.6 is 12.4 Å². The molecule has 1 aliphatic rings. The van der Waals surface area contributed by atoms with Crippen LogP contribution in [-0.4, -0.2) is 33.1 Å². The Hall–Kier alpha value is -1.18. The summed E-state index contributed by atoms with van der Waals surface area (Å²) in [7, 11) is 1.42. The lowest BCUT2D eigenvalue weighted by Crippen LogP contribution is -2.42. The van der Waals surface area contributed by atoms with Crippen molar-refractivity contribution in [3.05, 3.63) is 23.8 Å². The topological polar surface area (TPSA) is 42.5 Å². The van der Waals surface area contributed by atoms with E-state index < -0.39 is 6.36 Å². The van der Waals surface area contributed by atoms with Crippen LogP contribution in [0.15, 0.2) is 18.2 Å². The van der Waals surface area contributed by atoms with Gasteiger partial charge in [0.05, 0.1) is 7.11 Å². The lowest BCUT2D eigenvalue weighted by Gasteiger charge is -2.26. The first-order chi connectivity index (χ1) is 8.99. The SMILES string of the molecule is COc1cc(OC(F)(F)F)ccc1[C@@H]1CNCCN1.Cl. The summed E-state index contributed by atoms with van der Waals surface area (Å²) in [6.45, 7) is 2.37. The zero-order chi connectivity index (χ0) is 13.9. The molecule has 0 radical (unpaired) electrons. The van der Waals surface area contributed by atoms with Crippen molar-refractivity contribution < 1.29 is 22.6 Å². The second-order valence-corrected chi connectivity index (χ2v) is 4.16. The number of rotatable bonds is 3. The molecule has 1 aliphatic heterocycles. The van der Waals surface area contributed by atoms with Gasteiger partial charge in [0.15, 0.2) is 0 Å². The summed E-state index contributed by atoms with van der Waals surface area (Å²) in [4.78, 5) is 0. The first kappa shape index (κ1) is 16.9. The minimum absolute atomic E-state index is 0. The second kappa shape index (κ2) is 7.01. The van der Waals surface area contributed by atoms with Crippen molar-refractivity contribution in [3.63, 3.8) is 0 Å². The summed E-state index contributed by atoms with van der Waals surface area (Å²) in [6.07, 6.45) is -4.70. The molecular formula is C12H16ClF3N2O2. The van der Waals surface area contributed by atoms with Gasteiger partial charge in [0.25, 0.3) is 0 Å². The fraction of sp³-hybridized carbons (Fsp3) is 0.500. The van der Waals surface area contributed by atoms with Gasteiger partial charge in [0.2, 0.25) is 0 Å². The van der Waals surface area contributed by atoms with Crippen molar-refractivity contribution in [1.29, 1.82) is 0 Å². The standard InChI is InChI=1S/C12H15F3N2O2.ClH/c1-18-11-6-8(19-12(13,14)15)2-3-9(11)10-7-16-4-5-17-10;/h2-3,6,10,16-17H,4-5,7H2,1H3;1H/t10-;/m0./s1. The van der Waals surface area contributed by atoms with E-state index >= 15 is 0 Å². The summed E-state index contributed by atoms with van der Waals surface area (Å²) in [5.41, 5.74) is 0.809. The highest BCUT2D eigenvalue weighted by Gasteiger charge is 2.31. The summed E-state index contributed by atoms with van der Waals surface area (Å²) in [5.74, 6) is 0.0971. The fourth-order valence-electron chi connectivity index (χ4n) is 2.05. The number of benzene rings is 1. The molecule has 0 unspecified atom stereocenters. The molecule has 2 rings (SSSR count). The number of nitrogens with one attached hydrogen (secondary N) is 2. The van der Waals surface area contributed by atoms with E-state index in [1.54, 1.807) is 6.07 Å². The molecule has 0 bridgehead atoms. The number of hydrogen-bond acceptors (Lipinski definition) is 4. The van der Waals surface area contributed by atoms with Crippen LogP contribution in [0.3, 0.4) is 0 Å². The molecule has 1 atom stereocenters. The van der Waals surface area contributed by atoms with Crippen LogP contribution < -0.4 is 20.1 Å². The van der Waals surface area contributed by atoms with E-state index in [1.807, 2.05) is 0 Å². The minimum atomic E-state index is -4.70. The van der Waals surface area contributed by atoms with Crippen LogP contribution in [0.2, 0.25) is 0 Å². The molecule has 1 saturated heterocycles. The van der Waals surface area contributed by atoms with Crippen molar-refractivity contribution >= 4 is 12.4 Å². The third kappa shape index (κ3) is 4.43. The summed E-state index contributed by atoms with van der Waals surface area (Å²) in [5, 5.41) is 6.48. The Labute approximate surface area is 121 Å². The van der Waals surface area contributed by atoms with Crippen LogP contribution in [-0.2, 0) is 0 Å². The molecule has 0 saturated carbocycles. The Bertz CT molecular complexity index is 437. The normalized spacial score (nSPS) is 19.1. The highest BCUT2D eigenvalue weighted by Crippen LogP contribution is 2.32. The third-order valence-corrected chi connectivity index (χ3v) is 2.85. The van der Waals surface area contributed by atoms with Gasteiger partial charge in [-0.2, -0.15) is 0 Å². The quantitative estimate of drug-likeness (QED) is 0.898. The van der Waals surface area contributed by atoms with Gasteiger partial charge in [-0.1, -0.05) is 6.07 Å². The molecule has 2 N–H and O–H groups in total. The average molecular weight is 313 g/mol. The van der Waals surface area contributed by atoms with Crippen molar-refractivity contribution in [1.82, 2.24) is 10.6 Å². The van der Waals surface area contributed by atoms with E-state index in [4.69, 9.17) is 4.74 Å². The number of piperazine rings is 1. The van der Waals surface area contributed by atoms with Gasteiger partial charge < -0.3 is 20.1 Å². The average Bonchev–Trinajstić information content (AvgIpc) is 2.37. The number of halogens is 4. The molecule has 0 aromatic heterocycles. The van der Waals surface area contributed by atoms with Gasteiger partial charge in [-0.05, 0) is 6.07 Å². The maximum atomic E-state index is 12.1.